The van der Waals surface area contributed by atoms with Crippen LogP contribution in [0.4, 0.5) is 0 Å². The quantitative estimate of drug-likeness (QED) is 0.608. The maximum absolute atomic E-state index is 5.84. The van der Waals surface area contributed by atoms with E-state index in [9.17, 15) is 0 Å². The first kappa shape index (κ1) is 15.6. The second-order valence-electron chi connectivity index (χ2n) is 4.49. The van der Waals surface area contributed by atoms with Crippen molar-refractivity contribution in [1.82, 2.24) is 5.43 Å². The van der Waals surface area contributed by atoms with Crippen molar-refractivity contribution in [2.45, 2.75) is 13.0 Å². The molecule has 0 fully saturated rings. The molecule has 0 aliphatic carbocycles. The lowest BCUT2D eigenvalue weighted by atomic mass is 10.1. The van der Waals surface area contributed by atoms with E-state index in [0.717, 1.165) is 17.1 Å². The second-order valence-corrected chi connectivity index (χ2v) is 4.93. The van der Waals surface area contributed by atoms with Gasteiger partial charge in [-0.25, -0.2) is 5.43 Å². The minimum atomic E-state index is -0.124. The van der Waals surface area contributed by atoms with Gasteiger partial charge in [0.1, 0.15) is 18.1 Å². The summed E-state index contributed by atoms with van der Waals surface area (Å²) in [6.45, 7) is 2.99. The fraction of sp³-hybridized carbons (Fsp3) is 0.250. The molecule has 1 unspecified atom stereocenters. The normalized spacial score (nSPS) is 12.0. The molecule has 0 amide bonds. The molecule has 3 N–H and O–H groups in total. The van der Waals surface area contributed by atoms with Gasteiger partial charge in [-0.3, -0.25) is 5.84 Å². The van der Waals surface area contributed by atoms with E-state index in [2.05, 4.69) is 5.43 Å². The SMILES string of the molecule is CCOc1cccc(C(COc2ccc(Cl)cc2)NN)c1. The third-order valence-corrected chi connectivity index (χ3v) is 3.25. The number of hydrogen-bond donors (Lipinski definition) is 2. The highest BCUT2D eigenvalue weighted by atomic mass is 35.5. The summed E-state index contributed by atoms with van der Waals surface area (Å²) in [5, 5.41) is 0.681. The summed E-state index contributed by atoms with van der Waals surface area (Å²) >= 11 is 5.84. The first-order valence-electron chi connectivity index (χ1n) is 6.80. The molecule has 0 radical (unpaired) electrons. The van der Waals surface area contributed by atoms with Crippen LogP contribution in [-0.4, -0.2) is 13.2 Å². The summed E-state index contributed by atoms with van der Waals surface area (Å²) in [4.78, 5) is 0. The predicted molar refractivity (Wildman–Crippen MR) is 84.6 cm³/mol. The number of rotatable bonds is 7. The van der Waals surface area contributed by atoms with Gasteiger partial charge in [-0.05, 0) is 48.9 Å². The average molecular weight is 307 g/mol. The van der Waals surface area contributed by atoms with E-state index in [1.165, 1.54) is 0 Å². The summed E-state index contributed by atoms with van der Waals surface area (Å²) in [7, 11) is 0. The number of hydrazine groups is 1. The first-order chi connectivity index (χ1) is 10.2. The van der Waals surface area contributed by atoms with Crippen LogP contribution in [-0.2, 0) is 0 Å². The van der Waals surface area contributed by atoms with Crippen molar-refractivity contribution in [2.75, 3.05) is 13.2 Å². The molecule has 0 aliphatic rings. The van der Waals surface area contributed by atoms with Crippen molar-refractivity contribution < 1.29 is 9.47 Å². The Labute approximate surface area is 129 Å². The zero-order valence-electron chi connectivity index (χ0n) is 11.9. The lowest BCUT2D eigenvalue weighted by Gasteiger charge is -2.18. The highest BCUT2D eigenvalue weighted by Crippen LogP contribution is 2.21. The van der Waals surface area contributed by atoms with Crippen molar-refractivity contribution in [3.63, 3.8) is 0 Å². The van der Waals surface area contributed by atoms with Crippen molar-refractivity contribution in [3.8, 4) is 11.5 Å². The highest BCUT2D eigenvalue weighted by molar-refractivity contribution is 6.30. The smallest absolute Gasteiger partial charge is 0.119 e. The Balaban J connectivity index is 2.02. The Morgan fingerprint density at radius 3 is 2.52 bits per heavy atom. The number of benzene rings is 2. The van der Waals surface area contributed by atoms with Crippen LogP contribution in [0.3, 0.4) is 0 Å². The Morgan fingerprint density at radius 1 is 1.10 bits per heavy atom. The van der Waals surface area contributed by atoms with E-state index in [4.69, 9.17) is 26.9 Å². The Kier molecular flexibility index (Phi) is 5.87. The first-order valence-corrected chi connectivity index (χ1v) is 7.18. The van der Waals surface area contributed by atoms with Crippen LogP contribution in [0.1, 0.15) is 18.5 Å². The topological polar surface area (TPSA) is 56.5 Å². The van der Waals surface area contributed by atoms with Crippen LogP contribution in [0.2, 0.25) is 5.02 Å². The fourth-order valence-corrected chi connectivity index (χ4v) is 2.06. The second kappa shape index (κ2) is 7.88. The third-order valence-electron chi connectivity index (χ3n) is 3.00. The van der Waals surface area contributed by atoms with E-state index < -0.39 is 0 Å². The Morgan fingerprint density at radius 2 is 1.86 bits per heavy atom. The van der Waals surface area contributed by atoms with Crippen molar-refractivity contribution in [1.29, 1.82) is 0 Å². The molecule has 0 saturated heterocycles. The number of halogens is 1. The van der Waals surface area contributed by atoms with Gasteiger partial charge in [0.05, 0.1) is 12.6 Å². The molecule has 2 aromatic carbocycles. The van der Waals surface area contributed by atoms with Gasteiger partial charge in [0.2, 0.25) is 0 Å². The van der Waals surface area contributed by atoms with Crippen LogP contribution >= 0.6 is 11.6 Å². The van der Waals surface area contributed by atoms with E-state index in [1.54, 1.807) is 12.1 Å². The van der Waals surface area contributed by atoms with Crippen molar-refractivity contribution in [2.24, 2.45) is 5.84 Å². The van der Waals surface area contributed by atoms with Gasteiger partial charge in [0.25, 0.3) is 0 Å². The molecule has 0 aromatic heterocycles. The number of nitrogens with two attached hydrogens (primary N) is 1. The zero-order chi connectivity index (χ0) is 15.1. The molecular formula is C16H19ClN2O2. The lowest BCUT2D eigenvalue weighted by molar-refractivity contribution is 0.267. The maximum Gasteiger partial charge on any atom is 0.119 e. The molecule has 0 heterocycles. The molecule has 1 atom stereocenters. The van der Waals surface area contributed by atoms with E-state index >= 15 is 0 Å². The Bertz CT molecular complexity index is 560. The van der Waals surface area contributed by atoms with Crippen LogP contribution in [0.25, 0.3) is 0 Å². The monoisotopic (exact) mass is 306 g/mol. The minimum absolute atomic E-state index is 0.124. The molecular weight excluding hydrogens is 288 g/mol. The van der Waals surface area contributed by atoms with Crippen LogP contribution in [0, 0.1) is 0 Å². The molecule has 0 saturated carbocycles. The van der Waals surface area contributed by atoms with Gasteiger partial charge >= 0.3 is 0 Å². The predicted octanol–water partition coefficient (Wildman–Crippen LogP) is 3.32. The molecule has 0 bridgehead atoms. The highest BCUT2D eigenvalue weighted by Gasteiger charge is 2.11. The van der Waals surface area contributed by atoms with Gasteiger partial charge in [0.15, 0.2) is 0 Å². The number of nitrogens with one attached hydrogen (secondary N) is 1. The summed E-state index contributed by atoms with van der Waals surface area (Å²) < 4.78 is 11.2. The van der Waals surface area contributed by atoms with Crippen LogP contribution in [0.15, 0.2) is 48.5 Å². The van der Waals surface area contributed by atoms with Gasteiger partial charge in [-0.2, -0.15) is 0 Å². The lowest BCUT2D eigenvalue weighted by Crippen LogP contribution is -2.32. The van der Waals surface area contributed by atoms with E-state index in [0.29, 0.717) is 18.2 Å². The number of ether oxygens (including phenoxy) is 2. The fourth-order valence-electron chi connectivity index (χ4n) is 1.94. The third kappa shape index (κ3) is 4.63. The van der Waals surface area contributed by atoms with Crippen LogP contribution in [0.5, 0.6) is 11.5 Å². The van der Waals surface area contributed by atoms with E-state index in [-0.39, 0.29) is 6.04 Å². The molecule has 112 valence electrons. The molecule has 2 aromatic rings. The van der Waals surface area contributed by atoms with Crippen molar-refractivity contribution in [3.05, 3.63) is 59.1 Å². The Hall–Kier alpha value is -1.75. The standard InChI is InChI=1S/C16H19ClN2O2/c1-2-20-15-5-3-4-12(10-15)16(19-18)11-21-14-8-6-13(17)7-9-14/h3-10,16,19H,2,11,18H2,1H3. The molecule has 5 heteroatoms. The molecule has 0 spiro atoms. The maximum atomic E-state index is 5.84. The average Bonchev–Trinajstić information content (AvgIpc) is 2.50. The summed E-state index contributed by atoms with van der Waals surface area (Å²) in [5.74, 6) is 7.20. The molecule has 0 aliphatic heterocycles. The van der Waals surface area contributed by atoms with Gasteiger partial charge in [-0.1, -0.05) is 23.7 Å². The van der Waals surface area contributed by atoms with Crippen molar-refractivity contribution >= 4 is 11.6 Å². The molecule has 4 nitrogen and oxygen atoms in total. The summed E-state index contributed by atoms with van der Waals surface area (Å²) in [6.07, 6.45) is 0. The largest absolute Gasteiger partial charge is 0.494 e. The number of hydrogen-bond acceptors (Lipinski definition) is 4. The molecule has 21 heavy (non-hydrogen) atoms. The van der Waals surface area contributed by atoms with Gasteiger partial charge in [-0.15, -0.1) is 0 Å². The van der Waals surface area contributed by atoms with E-state index in [1.807, 2.05) is 43.3 Å². The van der Waals surface area contributed by atoms with Crippen LogP contribution < -0.4 is 20.7 Å². The summed E-state index contributed by atoms with van der Waals surface area (Å²) in [5.41, 5.74) is 3.77. The van der Waals surface area contributed by atoms with Gasteiger partial charge < -0.3 is 9.47 Å². The summed E-state index contributed by atoms with van der Waals surface area (Å²) in [6, 6.07) is 14.9. The zero-order valence-corrected chi connectivity index (χ0v) is 12.6. The van der Waals surface area contributed by atoms with Gasteiger partial charge in [0, 0.05) is 5.02 Å². The minimum Gasteiger partial charge on any atom is -0.494 e. The molecule has 2 rings (SSSR count).